The van der Waals surface area contributed by atoms with Gasteiger partial charge in [-0.05, 0) is 56.8 Å². The predicted molar refractivity (Wildman–Crippen MR) is 165 cm³/mol. The Labute approximate surface area is 313 Å². The number of nitrogens with zero attached hydrogens (tertiary/aromatic N) is 2. The van der Waals surface area contributed by atoms with Gasteiger partial charge < -0.3 is 0 Å². The molecular formula is C35H14F18N2O4. The van der Waals surface area contributed by atoms with Crippen molar-refractivity contribution >= 4 is 66.7 Å². The zero-order valence-corrected chi connectivity index (χ0v) is 28.5. The van der Waals surface area contributed by atoms with E-state index in [1.807, 2.05) is 0 Å². The van der Waals surface area contributed by atoms with Crippen LogP contribution in [-0.2, 0) is 12.6 Å². The number of hydrogen-bond acceptors (Lipinski definition) is 4. The van der Waals surface area contributed by atoms with Crippen molar-refractivity contribution in [2.45, 2.75) is 54.3 Å². The van der Waals surface area contributed by atoms with E-state index in [-0.39, 0.29) is 4.90 Å². The van der Waals surface area contributed by atoms with Gasteiger partial charge in [0.2, 0.25) is 0 Å². The summed E-state index contributed by atoms with van der Waals surface area (Å²) in [5.74, 6) is -64.3. The van der Waals surface area contributed by atoms with E-state index >= 15 is 26.3 Å². The number of alkyl halides is 18. The van der Waals surface area contributed by atoms with E-state index in [4.69, 9.17) is 0 Å². The normalized spacial score (nSPS) is 16.6. The van der Waals surface area contributed by atoms with Gasteiger partial charge in [0.25, 0.3) is 23.6 Å². The largest absolute Gasteiger partial charge is 0.460 e. The van der Waals surface area contributed by atoms with Crippen LogP contribution in [0.5, 0.6) is 0 Å². The minimum atomic E-state index is -8.91. The number of amides is 4. The molecule has 0 aliphatic carbocycles. The van der Waals surface area contributed by atoms with E-state index in [0.717, 1.165) is 31.3 Å². The van der Waals surface area contributed by atoms with Gasteiger partial charge in [0.05, 0.1) is 0 Å². The van der Waals surface area contributed by atoms with Gasteiger partial charge in [-0.15, -0.1) is 0 Å². The molecule has 0 bridgehead atoms. The van der Waals surface area contributed by atoms with E-state index in [9.17, 15) is 71.9 Å². The Kier molecular flexibility index (Phi) is 8.16. The molecule has 2 aliphatic heterocycles. The minimum Gasteiger partial charge on any atom is -0.277 e. The lowest BCUT2D eigenvalue weighted by Gasteiger charge is -2.43. The summed E-state index contributed by atoms with van der Waals surface area (Å²) in [6.45, 7) is -1.56. The highest BCUT2D eigenvalue weighted by Crippen LogP contribution is 2.66. The standard InChI is InChI=1S/C35H14F18N2O4/c1-54-24(56)13-6-4-12-21-17(28(37,38)29(39,40)30(41,42)31(43,44)32(45,46)33(47,48)34(49,50)35(51,52)53)8-16-20-14(25(57)55(2)27(16)59)5-3-11(23(20)21)18-10(9-36)7-15(26(54)58)19(13)22(12)18/h3-8H,9H2,1-2H3. The third-order valence-corrected chi connectivity index (χ3v) is 10.5. The quantitative estimate of drug-likeness (QED) is 0.0674. The van der Waals surface area contributed by atoms with Gasteiger partial charge in [-0.25, -0.2) is 4.39 Å². The van der Waals surface area contributed by atoms with Crippen molar-refractivity contribution in [3.63, 3.8) is 0 Å². The third-order valence-electron chi connectivity index (χ3n) is 10.5. The molecule has 0 unspecified atom stereocenters. The van der Waals surface area contributed by atoms with Crippen molar-refractivity contribution in [2.24, 2.45) is 0 Å². The minimum absolute atomic E-state index is 0.147. The number of imide groups is 2. The molecule has 0 saturated carbocycles. The number of hydrogen-bond donors (Lipinski definition) is 0. The first-order chi connectivity index (χ1) is 26.7. The zero-order chi connectivity index (χ0) is 44.5. The number of fused-ring (bicyclic) bond motifs is 2. The molecule has 0 aromatic heterocycles. The molecule has 0 fully saturated rings. The summed E-state index contributed by atoms with van der Waals surface area (Å²) in [5.41, 5.74) is -6.20. The lowest BCUT2D eigenvalue weighted by Crippen LogP contribution is -2.74. The summed E-state index contributed by atoms with van der Waals surface area (Å²) in [6, 6.07) is 3.54. The molecule has 59 heavy (non-hydrogen) atoms. The predicted octanol–water partition coefficient (Wildman–Crippen LogP) is 10.1. The lowest BCUT2D eigenvalue weighted by molar-refractivity contribution is -0.462. The maximum atomic E-state index is 16.6. The topological polar surface area (TPSA) is 74.8 Å². The van der Waals surface area contributed by atoms with Gasteiger partial charge in [0.15, 0.2) is 0 Å². The molecule has 5 aromatic carbocycles. The molecule has 4 amide bonds. The van der Waals surface area contributed by atoms with Crippen LogP contribution in [0.15, 0.2) is 36.4 Å². The highest BCUT2D eigenvalue weighted by atomic mass is 19.4. The fourth-order valence-corrected chi connectivity index (χ4v) is 7.48. The van der Waals surface area contributed by atoms with Crippen molar-refractivity contribution in [3.05, 3.63) is 69.8 Å². The molecule has 7 rings (SSSR count). The Morgan fingerprint density at radius 3 is 1.20 bits per heavy atom. The average Bonchev–Trinajstić information content (AvgIpc) is 3.15. The lowest BCUT2D eigenvalue weighted by atomic mass is 9.77. The maximum Gasteiger partial charge on any atom is 0.460 e. The van der Waals surface area contributed by atoms with Gasteiger partial charge >= 0.3 is 47.6 Å². The fraction of sp³-hybridized carbons (Fsp3) is 0.314. The molecule has 24 heteroatoms. The Morgan fingerprint density at radius 2 is 0.780 bits per heavy atom. The summed E-state index contributed by atoms with van der Waals surface area (Å²) in [6.07, 6.45) is -7.95. The third kappa shape index (κ3) is 4.54. The highest BCUT2D eigenvalue weighted by molar-refractivity contribution is 6.42. The van der Waals surface area contributed by atoms with Gasteiger partial charge in [0.1, 0.15) is 6.67 Å². The highest BCUT2D eigenvalue weighted by Gasteiger charge is 2.95. The first kappa shape index (κ1) is 41.6. The first-order valence-electron chi connectivity index (χ1n) is 15.9. The molecule has 2 aliphatic rings. The molecule has 6 nitrogen and oxygen atoms in total. The number of carbonyl (C=O) groups is 4. The average molecular weight is 868 g/mol. The van der Waals surface area contributed by atoms with Crippen LogP contribution in [-0.4, -0.2) is 89.2 Å². The van der Waals surface area contributed by atoms with Crippen molar-refractivity contribution in [1.82, 2.24) is 9.80 Å². The van der Waals surface area contributed by atoms with Crippen LogP contribution in [0.2, 0.25) is 0 Å². The first-order valence-corrected chi connectivity index (χ1v) is 15.9. The molecule has 0 radical (unpaired) electrons. The van der Waals surface area contributed by atoms with Crippen LogP contribution in [0.3, 0.4) is 0 Å². The number of carbonyl (C=O) groups excluding carboxylic acids is 4. The molecule has 0 saturated heterocycles. The second-order valence-corrected chi connectivity index (χ2v) is 13.6. The molecule has 0 N–H and O–H groups in total. The van der Waals surface area contributed by atoms with Crippen molar-refractivity contribution in [3.8, 4) is 0 Å². The second kappa shape index (κ2) is 11.6. The SMILES string of the molecule is CN1C(=O)c2ccc3c4c(C(F)(F)C(F)(F)C(F)(F)C(F)(F)C(F)(F)C(F)(F)C(F)(F)C(F)(F)F)cc5c6c(ccc(c7c(CF)cc(c2c37)C1=O)c64)C(=O)N(C)C5=O. The van der Waals surface area contributed by atoms with Gasteiger partial charge in [-0.1, -0.05) is 12.1 Å². The molecule has 2 heterocycles. The van der Waals surface area contributed by atoms with E-state index in [0.29, 0.717) is 18.0 Å². The van der Waals surface area contributed by atoms with Crippen LogP contribution >= 0.6 is 0 Å². The summed E-state index contributed by atoms with van der Waals surface area (Å²) < 4.78 is 261. The number of rotatable bonds is 8. The van der Waals surface area contributed by atoms with E-state index in [2.05, 4.69) is 0 Å². The molecule has 0 spiro atoms. The smallest absolute Gasteiger partial charge is 0.277 e. The van der Waals surface area contributed by atoms with Crippen LogP contribution in [0, 0.1) is 0 Å². The number of halogens is 18. The summed E-state index contributed by atoms with van der Waals surface area (Å²) >= 11 is 0. The zero-order valence-electron chi connectivity index (χ0n) is 28.5. The van der Waals surface area contributed by atoms with E-state index in [1.165, 1.54) is 0 Å². The number of benzene rings is 5. The molecular weight excluding hydrogens is 854 g/mol. The van der Waals surface area contributed by atoms with E-state index < -0.39 is 160 Å². The maximum absolute atomic E-state index is 16.6. The molecule has 0 atom stereocenters. The summed E-state index contributed by atoms with van der Waals surface area (Å²) in [4.78, 5) is 53.6. The van der Waals surface area contributed by atoms with Gasteiger partial charge in [0, 0.05) is 58.1 Å². The monoisotopic (exact) mass is 868 g/mol. The van der Waals surface area contributed by atoms with Crippen molar-refractivity contribution < 1.29 is 98.2 Å². The molecule has 314 valence electrons. The molecule has 5 aromatic rings. The van der Waals surface area contributed by atoms with Crippen LogP contribution in [0.1, 0.15) is 52.6 Å². The van der Waals surface area contributed by atoms with Crippen LogP contribution in [0.4, 0.5) is 79.0 Å². The Morgan fingerprint density at radius 1 is 0.424 bits per heavy atom. The summed E-state index contributed by atoms with van der Waals surface area (Å²) in [7, 11) is 1.63. The van der Waals surface area contributed by atoms with Crippen LogP contribution < -0.4 is 0 Å². The van der Waals surface area contributed by atoms with Gasteiger partial charge in [-0.2, -0.15) is 74.6 Å². The Balaban J connectivity index is 1.64. The Hall–Kier alpha value is -5.58. The van der Waals surface area contributed by atoms with Crippen LogP contribution in [0.25, 0.3) is 43.1 Å². The fourth-order valence-electron chi connectivity index (χ4n) is 7.48. The summed E-state index contributed by atoms with van der Waals surface area (Å²) in [5, 5.41) is -6.58. The van der Waals surface area contributed by atoms with E-state index in [1.54, 1.807) is 0 Å². The van der Waals surface area contributed by atoms with Crippen molar-refractivity contribution in [1.29, 1.82) is 0 Å². The second-order valence-electron chi connectivity index (χ2n) is 13.6. The Bertz CT molecular complexity index is 2760. The van der Waals surface area contributed by atoms with Crippen molar-refractivity contribution in [2.75, 3.05) is 14.1 Å². The van der Waals surface area contributed by atoms with Gasteiger partial charge in [-0.3, -0.25) is 29.0 Å².